The molecule has 1 atom stereocenters. The molecule has 1 aromatic carbocycles. The zero-order chi connectivity index (χ0) is 14.9. The third-order valence-corrected chi connectivity index (χ3v) is 4.35. The topological polar surface area (TPSA) is 38.9 Å². The summed E-state index contributed by atoms with van der Waals surface area (Å²) in [6, 6.07) is 4.33. The van der Waals surface area contributed by atoms with Gasteiger partial charge in [0.1, 0.15) is 0 Å². The smallest absolute Gasteiger partial charge is 0.323 e. The van der Waals surface area contributed by atoms with Crippen molar-refractivity contribution in [3.63, 3.8) is 0 Å². The van der Waals surface area contributed by atoms with Gasteiger partial charge in [-0.05, 0) is 24.1 Å². The zero-order valence-electron chi connectivity index (χ0n) is 9.92. The quantitative estimate of drug-likeness (QED) is 0.878. The predicted octanol–water partition coefficient (Wildman–Crippen LogP) is 4.71. The number of thiazole rings is 1. The minimum absolute atomic E-state index is 0.315. The number of nitrogens with zero attached hydrogens (tertiary/aromatic N) is 1. The minimum atomic E-state index is -4.44. The average molecular weight is 341 g/mol. The number of nitrogens with two attached hydrogens (primary N) is 1. The molecule has 0 fully saturated rings. The minimum Gasteiger partial charge on any atom is -0.323 e. The van der Waals surface area contributed by atoms with Gasteiger partial charge in [0.25, 0.3) is 0 Å². The lowest BCUT2D eigenvalue weighted by molar-refractivity contribution is -0.137. The molecule has 0 amide bonds. The second kappa shape index (κ2) is 5.89. The molecule has 0 spiro atoms. The van der Waals surface area contributed by atoms with Crippen LogP contribution in [-0.2, 0) is 12.6 Å². The lowest BCUT2D eigenvalue weighted by Crippen LogP contribution is -2.12. The summed E-state index contributed by atoms with van der Waals surface area (Å²) in [7, 11) is 0. The van der Waals surface area contributed by atoms with Crippen LogP contribution in [0.1, 0.15) is 21.5 Å². The third kappa shape index (κ3) is 3.63. The van der Waals surface area contributed by atoms with E-state index < -0.39 is 17.2 Å². The molecular formula is C12H9Cl2F3N2S. The Kier molecular flexibility index (Phi) is 4.59. The fraction of sp³-hybridized carbons (Fsp3) is 0.250. The van der Waals surface area contributed by atoms with Gasteiger partial charge in [0, 0.05) is 27.2 Å². The van der Waals surface area contributed by atoms with Crippen molar-refractivity contribution in [2.45, 2.75) is 18.6 Å². The lowest BCUT2D eigenvalue weighted by atomic mass is 10.1. The molecule has 1 unspecified atom stereocenters. The highest BCUT2D eigenvalue weighted by Gasteiger charge is 2.35. The van der Waals surface area contributed by atoms with Gasteiger partial charge in [-0.15, -0.1) is 11.3 Å². The van der Waals surface area contributed by atoms with E-state index in [1.54, 1.807) is 18.2 Å². The van der Waals surface area contributed by atoms with Gasteiger partial charge in [0.2, 0.25) is 0 Å². The van der Waals surface area contributed by atoms with Crippen LogP contribution < -0.4 is 5.73 Å². The number of hydrogen-bond acceptors (Lipinski definition) is 3. The van der Waals surface area contributed by atoms with E-state index in [2.05, 4.69) is 4.98 Å². The largest absolute Gasteiger partial charge is 0.443 e. The van der Waals surface area contributed by atoms with Crippen LogP contribution in [0.3, 0.4) is 0 Å². The maximum Gasteiger partial charge on any atom is 0.443 e. The van der Waals surface area contributed by atoms with E-state index in [0.717, 1.165) is 11.8 Å². The Balaban J connectivity index is 2.16. The average Bonchev–Trinajstić information content (AvgIpc) is 2.82. The fourth-order valence-corrected chi connectivity index (χ4v) is 2.88. The summed E-state index contributed by atoms with van der Waals surface area (Å²) >= 11 is 12.3. The first-order valence-corrected chi connectivity index (χ1v) is 7.07. The molecule has 0 aliphatic heterocycles. The van der Waals surface area contributed by atoms with Crippen LogP contribution in [0.15, 0.2) is 24.4 Å². The van der Waals surface area contributed by atoms with Crippen LogP contribution in [0.4, 0.5) is 13.2 Å². The first-order valence-electron chi connectivity index (χ1n) is 5.50. The van der Waals surface area contributed by atoms with Crippen molar-refractivity contribution in [3.8, 4) is 0 Å². The summed E-state index contributed by atoms with van der Waals surface area (Å²) in [5.41, 5.74) is 6.63. The van der Waals surface area contributed by atoms with Gasteiger partial charge in [-0.3, -0.25) is 0 Å². The van der Waals surface area contributed by atoms with E-state index in [0.29, 0.717) is 32.7 Å². The normalized spacial score (nSPS) is 13.5. The molecule has 20 heavy (non-hydrogen) atoms. The van der Waals surface area contributed by atoms with Crippen LogP contribution in [0.25, 0.3) is 0 Å². The van der Waals surface area contributed by atoms with Crippen molar-refractivity contribution >= 4 is 34.5 Å². The van der Waals surface area contributed by atoms with Gasteiger partial charge in [0.05, 0.1) is 0 Å². The summed E-state index contributed by atoms with van der Waals surface area (Å²) in [4.78, 5) is 3.71. The van der Waals surface area contributed by atoms with Gasteiger partial charge in [0.15, 0.2) is 5.01 Å². The van der Waals surface area contributed by atoms with E-state index in [4.69, 9.17) is 28.9 Å². The van der Waals surface area contributed by atoms with Crippen molar-refractivity contribution in [2.24, 2.45) is 5.73 Å². The van der Waals surface area contributed by atoms with E-state index in [9.17, 15) is 13.2 Å². The first-order chi connectivity index (χ1) is 9.27. The summed E-state index contributed by atoms with van der Waals surface area (Å²) in [5.74, 6) is 0. The SMILES string of the molecule is NC(Cc1ccc(Cl)cc1Cl)c1cnc(C(F)(F)F)s1. The van der Waals surface area contributed by atoms with Crippen LogP contribution in [0.2, 0.25) is 10.0 Å². The number of rotatable bonds is 3. The van der Waals surface area contributed by atoms with Crippen LogP contribution in [0, 0.1) is 0 Å². The van der Waals surface area contributed by atoms with E-state index in [1.807, 2.05) is 0 Å². The Morgan fingerprint density at radius 3 is 2.55 bits per heavy atom. The van der Waals surface area contributed by atoms with E-state index in [-0.39, 0.29) is 0 Å². The predicted molar refractivity (Wildman–Crippen MR) is 74.2 cm³/mol. The fourth-order valence-electron chi connectivity index (χ4n) is 1.61. The Labute approximate surface area is 127 Å². The van der Waals surface area contributed by atoms with Crippen molar-refractivity contribution in [1.82, 2.24) is 4.98 Å². The maximum absolute atomic E-state index is 12.5. The number of hydrogen-bond donors (Lipinski definition) is 1. The van der Waals surface area contributed by atoms with Gasteiger partial charge >= 0.3 is 6.18 Å². The van der Waals surface area contributed by atoms with Crippen molar-refractivity contribution in [2.75, 3.05) is 0 Å². The number of alkyl halides is 3. The molecule has 0 radical (unpaired) electrons. The van der Waals surface area contributed by atoms with Crippen LogP contribution in [0.5, 0.6) is 0 Å². The Bertz CT molecular complexity index is 613. The molecule has 1 aromatic heterocycles. The Hall–Kier alpha value is -0.820. The van der Waals surface area contributed by atoms with Crippen LogP contribution in [-0.4, -0.2) is 4.98 Å². The van der Waals surface area contributed by atoms with Crippen LogP contribution >= 0.6 is 34.5 Å². The zero-order valence-corrected chi connectivity index (χ0v) is 12.2. The monoisotopic (exact) mass is 340 g/mol. The Morgan fingerprint density at radius 2 is 2.00 bits per heavy atom. The standard InChI is InChI=1S/C12H9Cl2F3N2S/c13-7-2-1-6(8(14)4-7)3-9(18)10-5-19-11(20-10)12(15,16)17/h1-2,4-5,9H,3,18H2. The molecule has 0 aliphatic carbocycles. The number of aromatic nitrogens is 1. The molecule has 0 aliphatic rings. The summed E-state index contributed by atoms with van der Waals surface area (Å²) < 4.78 is 37.4. The summed E-state index contributed by atoms with van der Waals surface area (Å²) in [6.07, 6.45) is -2.97. The number of benzene rings is 1. The summed E-state index contributed by atoms with van der Waals surface area (Å²) in [5, 5.41) is 0.0307. The molecule has 8 heteroatoms. The molecule has 1 heterocycles. The van der Waals surface area contributed by atoms with Crippen molar-refractivity contribution < 1.29 is 13.2 Å². The highest BCUT2D eigenvalue weighted by atomic mass is 35.5. The molecular weight excluding hydrogens is 332 g/mol. The highest BCUT2D eigenvalue weighted by Crippen LogP contribution is 2.35. The highest BCUT2D eigenvalue weighted by molar-refractivity contribution is 7.11. The summed E-state index contributed by atoms with van der Waals surface area (Å²) in [6.45, 7) is 0. The third-order valence-electron chi connectivity index (χ3n) is 2.59. The van der Waals surface area contributed by atoms with Gasteiger partial charge in [-0.25, -0.2) is 4.98 Å². The van der Waals surface area contributed by atoms with Crippen molar-refractivity contribution in [1.29, 1.82) is 0 Å². The molecule has 0 bridgehead atoms. The van der Waals surface area contributed by atoms with E-state index >= 15 is 0 Å². The molecule has 2 rings (SSSR count). The second-order valence-electron chi connectivity index (χ2n) is 4.11. The maximum atomic E-state index is 12.5. The molecule has 0 saturated heterocycles. The first kappa shape index (κ1) is 15.6. The Morgan fingerprint density at radius 1 is 1.30 bits per heavy atom. The number of halogens is 5. The molecule has 108 valence electrons. The second-order valence-corrected chi connectivity index (χ2v) is 6.02. The molecule has 2 nitrogen and oxygen atoms in total. The van der Waals surface area contributed by atoms with Gasteiger partial charge in [-0.2, -0.15) is 13.2 Å². The van der Waals surface area contributed by atoms with Gasteiger partial charge < -0.3 is 5.73 Å². The van der Waals surface area contributed by atoms with Crippen molar-refractivity contribution in [3.05, 3.63) is 49.9 Å². The lowest BCUT2D eigenvalue weighted by Gasteiger charge is -2.10. The van der Waals surface area contributed by atoms with E-state index in [1.165, 1.54) is 0 Å². The van der Waals surface area contributed by atoms with Gasteiger partial charge in [-0.1, -0.05) is 29.3 Å². The molecule has 2 aromatic rings. The molecule has 0 saturated carbocycles. The molecule has 2 N–H and O–H groups in total.